The zero-order valence-electron chi connectivity index (χ0n) is 20.3. The normalized spacial score (nSPS) is 14.4. The summed E-state index contributed by atoms with van der Waals surface area (Å²) in [5, 5.41) is 3.09. The first kappa shape index (κ1) is 23.6. The molecule has 1 N–H and O–H groups in total. The molecule has 0 bridgehead atoms. The van der Waals surface area contributed by atoms with E-state index in [2.05, 4.69) is 86.6 Å². The van der Waals surface area contributed by atoms with Gasteiger partial charge in [-0.25, -0.2) is 4.98 Å². The fourth-order valence-corrected chi connectivity index (χ4v) is 5.29. The van der Waals surface area contributed by atoms with Crippen LogP contribution in [0.15, 0.2) is 71.3 Å². The van der Waals surface area contributed by atoms with Crippen molar-refractivity contribution in [1.29, 1.82) is 0 Å². The maximum Gasteiger partial charge on any atom is 0.270 e. The van der Waals surface area contributed by atoms with Gasteiger partial charge in [-0.1, -0.05) is 48.9 Å². The van der Waals surface area contributed by atoms with E-state index in [4.69, 9.17) is 0 Å². The van der Waals surface area contributed by atoms with E-state index in [0.717, 1.165) is 34.5 Å². The molecule has 1 saturated heterocycles. The lowest BCUT2D eigenvalue weighted by atomic mass is 9.89. The van der Waals surface area contributed by atoms with Crippen LogP contribution in [0.1, 0.15) is 58.6 Å². The second kappa shape index (κ2) is 10.2. The molecule has 2 aromatic heterocycles. The number of benzene rings is 2. The van der Waals surface area contributed by atoms with Gasteiger partial charge in [-0.2, -0.15) is 0 Å². The molecule has 3 heterocycles. The predicted molar refractivity (Wildman–Crippen MR) is 145 cm³/mol. The predicted octanol–water partition coefficient (Wildman–Crippen LogP) is 6.28. The molecule has 35 heavy (non-hydrogen) atoms. The zero-order chi connectivity index (χ0) is 24.4. The summed E-state index contributed by atoms with van der Waals surface area (Å²) in [5.41, 5.74) is 7.32. The number of rotatable bonds is 6. The maximum absolute atomic E-state index is 13.1. The molecule has 1 fully saturated rings. The van der Waals surface area contributed by atoms with E-state index in [1.165, 1.54) is 29.7 Å². The lowest BCUT2D eigenvalue weighted by molar-refractivity contribution is 0.0944. The first-order valence-electron chi connectivity index (χ1n) is 12.4. The molecular formula is C29H31BrN4O. The second-order valence-corrected chi connectivity index (χ2v) is 10.3. The van der Waals surface area contributed by atoms with E-state index < -0.39 is 0 Å². The minimum absolute atomic E-state index is 0.102. The van der Waals surface area contributed by atoms with Crippen molar-refractivity contribution in [3.05, 3.63) is 99.4 Å². The Labute approximate surface area is 215 Å². The van der Waals surface area contributed by atoms with Gasteiger partial charge in [0.2, 0.25) is 0 Å². The van der Waals surface area contributed by atoms with Gasteiger partial charge in [0, 0.05) is 36.0 Å². The molecule has 5 rings (SSSR count). The van der Waals surface area contributed by atoms with Crippen LogP contribution in [0.5, 0.6) is 0 Å². The van der Waals surface area contributed by atoms with Crippen LogP contribution in [0, 0.1) is 6.92 Å². The number of amides is 1. The van der Waals surface area contributed by atoms with Crippen molar-refractivity contribution in [2.75, 3.05) is 18.0 Å². The van der Waals surface area contributed by atoms with Crippen LogP contribution in [0.2, 0.25) is 0 Å². The molecule has 0 atom stereocenters. The maximum atomic E-state index is 13.1. The number of halogens is 1. The minimum atomic E-state index is -0.102. The molecule has 1 aliphatic rings. The standard InChI is InChI=1S/C29H31BrN4O/c1-3-26-28(34-19-24(30)10-13-27(34)32-26)29(35)31-18-21-6-11-25(12-7-21)33-16-14-23(15-17-33)22-8-4-20(2)5-9-22/h4-13,19,23H,3,14-18H2,1-2H3,(H,31,35). The van der Waals surface area contributed by atoms with E-state index in [9.17, 15) is 4.79 Å². The summed E-state index contributed by atoms with van der Waals surface area (Å²) in [6, 6.07) is 21.5. The summed E-state index contributed by atoms with van der Waals surface area (Å²) in [7, 11) is 0. The highest BCUT2D eigenvalue weighted by Crippen LogP contribution is 2.30. The monoisotopic (exact) mass is 530 g/mol. The van der Waals surface area contributed by atoms with Gasteiger partial charge in [-0.3, -0.25) is 9.20 Å². The second-order valence-electron chi connectivity index (χ2n) is 9.36. The number of carbonyl (C=O) groups excluding carboxylic acids is 1. The Balaban J connectivity index is 1.20. The van der Waals surface area contributed by atoms with Crippen molar-refractivity contribution in [2.45, 2.75) is 45.6 Å². The Morgan fingerprint density at radius 1 is 1.03 bits per heavy atom. The van der Waals surface area contributed by atoms with Crippen LogP contribution in [0.25, 0.3) is 5.65 Å². The molecule has 4 aromatic rings. The summed E-state index contributed by atoms with van der Waals surface area (Å²) in [4.78, 5) is 20.2. The number of imidazole rings is 1. The lowest BCUT2D eigenvalue weighted by Gasteiger charge is -2.34. The first-order valence-corrected chi connectivity index (χ1v) is 13.2. The Kier molecular flexibility index (Phi) is 6.91. The number of fused-ring (bicyclic) bond motifs is 1. The Morgan fingerprint density at radius 2 is 1.74 bits per heavy atom. The van der Waals surface area contributed by atoms with Gasteiger partial charge in [0.15, 0.2) is 0 Å². The summed E-state index contributed by atoms with van der Waals surface area (Å²) >= 11 is 3.50. The highest BCUT2D eigenvalue weighted by Gasteiger charge is 2.21. The number of carbonyl (C=O) groups is 1. The number of nitrogens with zero attached hydrogens (tertiary/aromatic N) is 3. The van der Waals surface area contributed by atoms with Crippen LogP contribution in [0.3, 0.4) is 0 Å². The molecule has 6 heteroatoms. The topological polar surface area (TPSA) is 49.6 Å². The summed E-state index contributed by atoms with van der Waals surface area (Å²) in [5.74, 6) is 0.546. The van der Waals surface area contributed by atoms with Gasteiger partial charge >= 0.3 is 0 Å². The Bertz CT molecular complexity index is 1320. The van der Waals surface area contributed by atoms with Crippen LogP contribution in [-0.4, -0.2) is 28.4 Å². The third kappa shape index (κ3) is 5.13. The van der Waals surface area contributed by atoms with E-state index in [-0.39, 0.29) is 5.91 Å². The van der Waals surface area contributed by atoms with Crippen LogP contribution >= 0.6 is 15.9 Å². The fourth-order valence-electron chi connectivity index (χ4n) is 4.95. The van der Waals surface area contributed by atoms with E-state index in [1.54, 1.807) is 0 Å². The molecule has 0 spiro atoms. The van der Waals surface area contributed by atoms with E-state index >= 15 is 0 Å². The Morgan fingerprint density at radius 3 is 2.43 bits per heavy atom. The smallest absolute Gasteiger partial charge is 0.270 e. The summed E-state index contributed by atoms with van der Waals surface area (Å²) < 4.78 is 2.78. The van der Waals surface area contributed by atoms with Crippen LogP contribution in [0.4, 0.5) is 5.69 Å². The number of piperidine rings is 1. The molecule has 2 aromatic carbocycles. The number of nitrogens with one attached hydrogen (secondary N) is 1. The molecule has 0 saturated carbocycles. The molecular weight excluding hydrogens is 500 g/mol. The van der Waals surface area contributed by atoms with Crippen molar-refractivity contribution in [3.63, 3.8) is 0 Å². The van der Waals surface area contributed by atoms with Crippen LogP contribution in [-0.2, 0) is 13.0 Å². The number of hydrogen-bond acceptors (Lipinski definition) is 3. The zero-order valence-corrected chi connectivity index (χ0v) is 21.9. The van der Waals surface area contributed by atoms with Gasteiger partial charge in [0.1, 0.15) is 11.3 Å². The summed E-state index contributed by atoms with van der Waals surface area (Å²) in [6.45, 7) is 6.79. The largest absolute Gasteiger partial charge is 0.371 e. The van der Waals surface area contributed by atoms with Gasteiger partial charge in [0.05, 0.1) is 5.69 Å². The third-order valence-electron chi connectivity index (χ3n) is 7.00. The van der Waals surface area contributed by atoms with E-state index in [1.807, 2.05) is 29.7 Å². The fraction of sp³-hybridized carbons (Fsp3) is 0.310. The first-order chi connectivity index (χ1) is 17.0. The van der Waals surface area contributed by atoms with Gasteiger partial charge < -0.3 is 10.2 Å². The number of aromatic nitrogens is 2. The van der Waals surface area contributed by atoms with Crippen molar-refractivity contribution < 1.29 is 4.79 Å². The third-order valence-corrected chi connectivity index (χ3v) is 7.47. The molecule has 180 valence electrons. The number of hydrogen-bond donors (Lipinski definition) is 1. The van der Waals surface area contributed by atoms with Crippen molar-refractivity contribution in [2.24, 2.45) is 0 Å². The number of aryl methyl sites for hydroxylation is 2. The van der Waals surface area contributed by atoms with Gasteiger partial charge in [0.25, 0.3) is 5.91 Å². The number of pyridine rings is 1. The van der Waals surface area contributed by atoms with Gasteiger partial charge in [-0.05, 0) is 83.4 Å². The highest BCUT2D eigenvalue weighted by molar-refractivity contribution is 9.10. The van der Waals surface area contributed by atoms with Gasteiger partial charge in [-0.15, -0.1) is 0 Å². The molecule has 0 radical (unpaired) electrons. The van der Waals surface area contributed by atoms with Crippen molar-refractivity contribution in [3.8, 4) is 0 Å². The molecule has 0 aliphatic carbocycles. The summed E-state index contributed by atoms with van der Waals surface area (Å²) in [6.07, 6.45) is 4.96. The Hall–Kier alpha value is -3.12. The lowest BCUT2D eigenvalue weighted by Crippen LogP contribution is -2.32. The molecule has 1 aliphatic heterocycles. The molecule has 0 unspecified atom stereocenters. The minimum Gasteiger partial charge on any atom is -0.371 e. The van der Waals surface area contributed by atoms with Crippen molar-refractivity contribution >= 4 is 33.2 Å². The SMILES string of the molecule is CCc1nc2ccc(Br)cn2c1C(=O)NCc1ccc(N2CCC(c3ccc(C)cc3)CC2)cc1. The average molecular weight is 531 g/mol. The molecule has 5 nitrogen and oxygen atoms in total. The quantitative estimate of drug-likeness (QED) is 0.319. The number of anilines is 1. The average Bonchev–Trinajstić information content (AvgIpc) is 3.26. The van der Waals surface area contributed by atoms with Crippen LogP contribution < -0.4 is 10.2 Å². The molecule has 1 amide bonds. The van der Waals surface area contributed by atoms with E-state index in [0.29, 0.717) is 24.6 Å². The van der Waals surface area contributed by atoms with Crippen molar-refractivity contribution in [1.82, 2.24) is 14.7 Å². The highest BCUT2D eigenvalue weighted by atomic mass is 79.9.